The smallest absolute Gasteiger partial charge is 0.267 e. The molecule has 0 aliphatic heterocycles. The van der Waals surface area contributed by atoms with Gasteiger partial charge in [0.1, 0.15) is 10.6 Å². The summed E-state index contributed by atoms with van der Waals surface area (Å²) in [4.78, 5) is -0.0549. The van der Waals surface area contributed by atoms with Crippen LogP contribution in [0, 0.1) is 0 Å². The van der Waals surface area contributed by atoms with Crippen LogP contribution in [-0.4, -0.2) is 20.1 Å². The number of hydrogen-bond acceptors (Lipinski definition) is 4. The van der Waals surface area contributed by atoms with Gasteiger partial charge in [-0.1, -0.05) is 41.9 Å². The Bertz CT molecular complexity index is 811. The van der Waals surface area contributed by atoms with Crippen LogP contribution in [-0.2, 0) is 16.6 Å². The molecule has 0 aliphatic carbocycles. The first-order valence-corrected chi connectivity index (χ1v) is 9.46. The summed E-state index contributed by atoms with van der Waals surface area (Å²) in [5, 5.41) is 3.15. The molecule has 5 nitrogen and oxygen atoms in total. The fourth-order valence-corrected chi connectivity index (χ4v) is 3.70. The topological polar surface area (TPSA) is 67.4 Å². The highest BCUT2D eigenvalue weighted by Crippen LogP contribution is 2.27. The van der Waals surface area contributed by atoms with Crippen molar-refractivity contribution in [3.05, 3.63) is 59.1 Å². The molecule has 128 valence electrons. The number of nitrogens with one attached hydrogen (secondary N) is 2. The van der Waals surface area contributed by atoms with Crippen molar-refractivity contribution in [2.45, 2.75) is 18.4 Å². The fraction of sp³-hybridized carbons (Fsp3) is 0.188. The van der Waals surface area contributed by atoms with Crippen molar-refractivity contribution < 1.29 is 13.2 Å². The zero-order valence-corrected chi connectivity index (χ0v) is 15.3. The lowest BCUT2D eigenvalue weighted by atomic mass is 10.2. The Balaban J connectivity index is 2.10. The van der Waals surface area contributed by atoms with E-state index in [0.29, 0.717) is 18.2 Å². The normalized spacial score (nSPS) is 10.9. The number of hydrogen-bond donors (Lipinski definition) is 2. The van der Waals surface area contributed by atoms with Crippen molar-refractivity contribution >= 4 is 39.0 Å². The summed E-state index contributed by atoms with van der Waals surface area (Å²) in [6, 6.07) is 13.9. The lowest BCUT2D eigenvalue weighted by Crippen LogP contribution is -2.38. The van der Waals surface area contributed by atoms with Crippen LogP contribution in [0.25, 0.3) is 0 Å². The molecule has 8 heteroatoms. The van der Waals surface area contributed by atoms with Gasteiger partial charge in [0.2, 0.25) is 0 Å². The number of thiocarbonyl (C=S) groups is 1. The Labute approximate surface area is 152 Å². The van der Waals surface area contributed by atoms with E-state index in [2.05, 4.69) is 10.0 Å². The highest BCUT2D eigenvalue weighted by Gasteiger charge is 2.21. The minimum Gasteiger partial charge on any atom is -0.492 e. The second kappa shape index (κ2) is 8.32. The molecule has 0 aromatic heterocycles. The molecule has 24 heavy (non-hydrogen) atoms. The van der Waals surface area contributed by atoms with E-state index in [-0.39, 0.29) is 15.8 Å². The van der Waals surface area contributed by atoms with Crippen LogP contribution in [0.4, 0.5) is 0 Å². The first-order valence-electron chi connectivity index (χ1n) is 7.19. The van der Waals surface area contributed by atoms with Crippen molar-refractivity contribution in [2.24, 2.45) is 0 Å². The van der Waals surface area contributed by atoms with E-state index in [1.165, 1.54) is 12.1 Å². The fourth-order valence-electron chi connectivity index (χ4n) is 1.96. The highest BCUT2D eigenvalue weighted by molar-refractivity contribution is 7.92. The van der Waals surface area contributed by atoms with Crippen LogP contribution >= 0.6 is 23.8 Å². The number of benzene rings is 2. The van der Waals surface area contributed by atoms with Crippen LogP contribution in [0.5, 0.6) is 5.75 Å². The Morgan fingerprint density at radius 1 is 1.21 bits per heavy atom. The third-order valence-electron chi connectivity index (χ3n) is 3.02. The van der Waals surface area contributed by atoms with Gasteiger partial charge >= 0.3 is 0 Å². The lowest BCUT2D eigenvalue weighted by Gasteiger charge is -2.14. The standard InChI is InChI=1S/C16H17ClN2O3S2/c1-2-22-14-9-8-13(17)10-15(14)24(20,21)19-16(23)18-11-12-6-4-3-5-7-12/h3-10H,2,11H2,1H3,(H2,18,19,23). The molecule has 0 saturated carbocycles. The van der Waals surface area contributed by atoms with Crippen molar-refractivity contribution in [1.29, 1.82) is 0 Å². The SMILES string of the molecule is CCOc1ccc(Cl)cc1S(=O)(=O)NC(=S)NCc1ccccc1. The van der Waals surface area contributed by atoms with Gasteiger partial charge in [0.05, 0.1) is 6.61 Å². The Morgan fingerprint density at radius 2 is 1.92 bits per heavy atom. The van der Waals surface area contributed by atoms with Gasteiger partial charge in [-0.05, 0) is 42.9 Å². The van der Waals surface area contributed by atoms with Crippen molar-refractivity contribution in [3.8, 4) is 5.75 Å². The quantitative estimate of drug-likeness (QED) is 0.749. The third kappa shape index (κ3) is 5.09. The maximum absolute atomic E-state index is 12.5. The van der Waals surface area contributed by atoms with Crippen LogP contribution in [0.2, 0.25) is 5.02 Å². The highest BCUT2D eigenvalue weighted by atomic mass is 35.5. The number of sulfonamides is 1. The van der Waals surface area contributed by atoms with Crippen molar-refractivity contribution in [2.75, 3.05) is 6.61 Å². The molecule has 0 spiro atoms. The maximum atomic E-state index is 12.5. The first kappa shape index (κ1) is 18.5. The monoisotopic (exact) mass is 384 g/mol. The molecule has 0 amide bonds. The summed E-state index contributed by atoms with van der Waals surface area (Å²) in [6.07, 6.45) is 0. The number of rotatable bonds is 6. The van der Waals surface area contributed by atoms with Crippen LogP contribution in [0.3, 0.4) is 0 Å². The maximum Gasteiger partial charge on any atom is 0.267 e. The Morgan fingerprint density at radius 3 is 2.58 bits per heavy atom. The molecular formula is C16H17ClN2O3S2. The van der Waals surface area contributed by atoms with Crippen LogP contribution < -0.4 is 14.8 Å². The van der Waals surface area contributed by atoms with E-state index < -0.39 is 10.0 Å². The summed E-state index contributed by atoms with van der Waals surface area (Å²) >= 11 is 11.0. The molecule has 0 saturated heterocycles. The predicted octanol–water partition coefficient (Wildman–Crippen LogP) is 3.09. The van der Waals surface area contributed by atoms with Crippen LogP contribution in [0.1, 0.15) is 12.5 Å². The van der Waals surface area contributed by atoms with Crippen LogP contribution in [0.15, 0.2) is 53.4 Å². The van der Waals surface area contributed by atoms with Crippen molar-refractivity contribution in [3.63, 3.8) is 0 Å². The second-order valence-electron chi connectivity index (χ2n) is 4.80. The first-order chi connectivity index (χ1) is 11.4. The van der Waals surface area contributed by atoms with E-state index in [0.717, 1.165) is 5.56 Å². The number of ether oxygens (including phenoxy) is 1. The van der Waals surface area contributed by atoms with E-state index >= 15 is 0 Å². The minimum absolute atomic E-state index is 0.00118. The van der Waals surface area contributed by atoms with Gasteiger partial charge < -0.3 is 10.1 Å². The molecular weight excluding hydrogens is 368 g/mol. The summed E-state index contributed by atoms with van der Waals surface area (Å²) in [6.45, 7) is 2.52. The van der Waals surface area contributed by atoms with Gasteiger partial charge in [-0.2, -0.15) is 0 Å². The van der Waals surface area contributed by atoms with Gasteiger partial charge in [-0.3, -0.25) is 4.72 Å². The molecule has 0 fully saturated rings. The lowest BCUT2D eigenvalue weighted by molar-refractivity contribution is 0.331. The molecule has 0 radical (unpaired) electrons. The number of halogens is 1. The van der Waals surface area contributed by atoms with E-state index in [1.54, 1.807) is 13.0 Å². The summed E-state index contributed by atoms with van der Waals surface area (Å²) in [7, 11) is -3.90. The molecule has 0 atom stereocenters. The van der Waals surface area contributed by atoms with Crippen molar-refractivity contribution in [1.82, 2.24) is 10.0 Å². The summed E-state index contributed by atoms with van der Waals surface area (Å²) in [5.74, 6) is 0.222. The Kier molecular flexibility index (Phi) is 6.42. The Hall–Kier alpha value is -1.83. The molecule has 0 unspecified atom stereocenters. The van der Waals surface area contributed by atoms with Gasteiger partial charge in [0.25, 0.3) is 10.0 Å². The molecule has 2 aromatic carbocycles. The second-order valence-corrected chi connectivity index (χ2v) is 7.29. The summed E-state index contributed by atoms with van der Waals surface area (Å²) in [5.41, 5.74) is 0.983. The molecule has 0 heterocycles. The zero-order chi connectivity index (χ0) is 17.6. The largest absolute Gasteiger partial charge is 0.492 e. The third-order valence-corrected chi connectivity index (χ3v) is 5.00. The predicted molar refractivity (Wildman–Crippen MR) is 98.8 cm³/mol. The molecule has 0 aliphatic rings. The van der Waals surface area contributed by atoms with Gasteiger partial charge in [-0.15, -0.1) is 0 Å². The van der Waals surface area contributed by atoms with Gasteiger partial charge in [0.15, 0.2) is 5.11 Å². The average molecular weight is 385 g/mol. The van der Waals surface area contributed by atoms with Gasteiger partial charge in [0, 0.05) is 11.6 Å². The van der Waals surface area contributed by atoms with Gasteiger partial charge in [-0.25, -0.2) is 8.42 Å². The van der Waals surface area contributed by atoms with E-state index in [9.17, 15) is 8.42 Å². The molecule has 2 aromatic rings. The molecule has 2 rings (SSSR count). The molecule has 2 N–H and O–H groups in total. The summed E-state index contributed by atoms with van der Waals surface area (Å²) < 4.78 is 32.7. The van der Waals surface area contributed by atoms with E-state index in [1.807, 2.05) is 30.3 Å². The van der Waals surface area contributed by atoms with E-state index in [4.69, 9.17) is 28.6 Å². The molecule has 0 bridgehead atoms. The average Bonchev–Trinajstić information content (AvgIpc) is 2.55. The minimum atomic E-state index is -3.90. The zero-order valence-electron chi connectivity index (χ0n) is 13.0.